The van der Waals surface area contributed by atoms with E-state index in [0.29, 0.717) is 21.3 Å². The van der Waals surface area contributed by atoms with Gasteiger partial charge in [0, 0.05) is 22.6 Å². The van der Waals surface area contributed by atoms with Crippen LogP contribution in [0.2, 0.25) is 10.0 Å². The molecular weight excluding hydrogens is 581 g/mol. The first-order chi connectivity index (χ1) is 19.6. The van der Waals surface area contributed by atoms with E-state index in [1.165, 1.54) is 17.0 Å². The zero-order chi connectivity index (χ0) is 29.6. The van der Waals surface area contributed by atoms with Gasteiger partial charge in [0.2, 0.25) is 11.8 Å². The number of hydrogen-bond acceptors (Lipinski definition) is 4. The van der Waals surface area contributed by atoms with Gasteiger partial charge in [0.25, 0.3) is 10.0 Å². The topological polar surface area (TPSA) is 86.8 Å². The Labute approximate surface area is 252 Å². The third kappa shape index (κ3) is 7.61. The summed E-state index contributed by atoms with van der Waals surface area (Å²) in [4.78, 5) is 28.8. The third-order valence-corrected chi connectivity index (χ3v) is 9.84. The Morgan fingerprint density at radius 3 is 2.24 bits per heavy atom. The molecule has 1 aliphatic carbocycles. The zero-order valence-corrected chi connectivity index (χ0v) is 25.6. The minimum atomic E-state index is -4.11. The molecule has 0 spiro atoms. The molecule has 218 valence electrons. The van der Waals surface area contributed by atoms with Gasteiger partial charge < -0.3 is 10.2 Å². The van der Waals surface area contributed by atoms with Crippen molar-refractivity contribution in [1.29, 1.82) is 0 Å². The van der Waals surface area contributed by atoms with Crippen LogP contribution in [0, 0.1) is 0 Å². The van der Waals surface area contributed by atoms with Gasteiger partial charge >= 0.3 is 0 Å². The molecule has 0 aliphatic heterocycles. The van der Waals surface area contributed by atoms with Crippen LogP contribution in [0.1, 0.15) is 50.7 Å². The summed E-state index contributed by atoms with van der Waals surface area (Å²) in [6, 6.07) is 19.2. The molecule has 4 rings (SSSR count). The SMILES string of the molecule is CCc1ccc(N(CC(=O)N(Cc2ccc(Cl)cc2Cl)C(C)C(=O)NC2CCCC2)S(=O)(=O)c2ccccc2)cc1. The highest BCUT2D eigenvalue weighted by atomic mass is 35.5. The Morgan fingerprint density at radius 1 is 0.976 bits per heavy atom. The molecule has 1 N–H and O–H groups in total. The average Bonchev–Trinajstić information content (AvgIpc) is 3.48. The van der Waals surface area contributed by atoms with Crippen molar-refractivity contribution >= 4 is 50.7 Å². The number of carbonyl (C=O) groups is 2. The van der Waals surface area contributed by atoms with E-state index in [1.807, 2.05) is 19.1 Å². The normalized spacial score (nSPS) is 14.4. The summed E-state index contributed by atoms with van der Waals surface area (Å²) < 4.78 is 28.8. The number of hydrogen-bond donors (Lipinski definition) is 1. The first-order valence-electron chi connectivity index (χ1n) is 13.8. The number of benzene rings is 3. The summed E-state index contributed by atoms with van der Waals surface area (Å²) in [5, 5.41) is 3.85. The van der Waals surface area contributed by atoms with Gasteiger partial charge in [-0.05, 0) is 73.7 Å². The number of aryl methyl sites for hydroxylation is 1. The lowest BCUT2D eigenvalue weighted by Crippen LogP contribution is -2.52. The Bertz CT molecular complexity index is 1460. The first kappa shape index (κ1) is 30.9. The quantitative estimate of drug-likeness (QED) is 0.277. The molecule has 1 fully saturated rings. The van der Waals surface area contributed by atoms with Crippen LogP contribution in [0.3, 0.4) is 0 Å². The summed E-state index contributed by atoms with van der Waals surface area (Å²) in [7, 11) is -4.11. The van der Waals surface area contributed by atoms with Crippen molar-refractivity contribution in [3.63, 3.8) is 0 Å². The second-order valence-electron chi connectivity index (χ2n) is 10.3. The van der Waals surface area contributed by atoms with E-state index < -0.39 is 28.5 Å². The van der Waals surface area contributed by atoms with Crippen molar-refractivity contribution in [2.45, 2.75) is 69.5 Å². The maximum Gasteiger partial charge on any atom is 0.264 e. The number of nitrogens with one attached hydrogen (secondary N) is 1. The largest absolute Gasteiger partial charge is 0.352 e. The van der Waals surface area contributed by atoms with Crippen LogP contribution in [0.4, 0.5) is 5.69 Å². The molecule has 0 aromatic heterocycles. The number of halogens is 2. The third-order valence-electron chi connectivity index (χ3n) is 7.47. The number of amides is 2. The highest BCUT2D eigenvalue weighted by Crippen LogP contribution is 2.27. The van der Waals surface area contributed by atoms with Crippen molar-refractivity contribution in [2.75, 3.05) is 10.8 Å². The predicted molar refractivity (Wildman–Crippen MR) is 164 cm³/mol. The lowest BCUT2D eigenvalue weighted by molar-refractivity contribution is -0.139. The molecule has 0 radical (unpaired) electrons. The Balaban J connectivity index is 1.69. The molecule has 1 saturated carbocycles. The van der Waals surface area contributed by atoms with E-state index in [0.717, 1.165) is 42.0 Å². The summed E-state index contributed by atoms with van der Waals surface area (Å²) >= 11 is 12.5. The van der Waals surface area contributed by atoms with Crippen LogP contribution in [-0.2, 0) is 32.6 Å². The fraction of sp³-hybridized carbons (Fsp3) is 0.355. The Morgan fingerprint density at radius 2 is 1.63 bits per heavy atom. The minimum absolute atomic E-state index is 0.00207. The predicted octanol–water partition coefficient (Wildman–Crippen LogP) is 6.23. The molecule has 0 bridgehead atoms. The Kier molecular flexibility index (Phi) is 10.3. The van der Waals surface area contributed by atoms with Gasteiger partial charge in [-0.15, -0.1) is 0 Å². The highest BCUT2D eigenvalue weighted by molar-refractivity contribution is 7.92. The molecule has 1 unspecified atom stereocenters. The second-order valence-corrected chi connectivity index (χ2v) is 13.0. The number of rotatable bonds is 11. The van der Waals surface area contributed by atoms with E-state index in [9.17, 15) is 18.0 Å². The molecule has 0 saturated heterocycles. The summed E-state index contributed by atoms with van der Waals surface area (Å²) in [5.74, 6) is -0.829. The van der Waals surface area contributed by atoms with Crippen molar-refractivity contribution in [1.82, 2.24) is 10.2 Å². The van der Waals surface area contributed by atoms with Crippen molar-refractivity contribution in [3.8, 4) is 0 Å². The van der Waals surface area contributed by atoms with Crippen LogP contribution in [-0.4, -0.2) is 43.8 Å². The van der Waals surface area contributed by atoms with Crippen LogP contribution in [0.25, 0.3) is 0 Å². The van der Waals surface area contributed by atoms with Crippen molar-refractivity contribution < 1.29 is 18.0 Å². The molecule has 1 atom stereocenters. The second kappa shape index (κ2) is 13.7. The molecule has 3 aromatic rings. The number of anilines is 1. The number of nitrogens with zero attached hydrogens (tertiary/aromatic N) is 2. The van der Waals surface area contributed by atoms with Crippen molar-refractivity contribution in [3.05, 3.63) is 94.0 Å². The molecule has 3 aromatic carbocycles. The van der Waals surface area contributed by atoms with E-state index >= 15 is 0 Å². The maximum atomic E-state index is 14.1. The fourth-order valence-electron chi connectivity index (χ4n) is 4.95. The highest BCUT2D eigenvalue weighted by Gasteiger charge is 2.33. The summed E-state index contributed by atoms with van der Waals surface area (Å²) in [6.45, 7) is 3.16. The van der Waals surface area contributed by atoms with Gasteiger partial charge in [-0.25, -0.2) is 8.42 Å². The van der Waals surface area contributed by atoms with E-state index in [1.54, 1.807) is 55.5 Å². The standard InChI is InChI=1S/C31H35Cl2N3O4S/c1-3-23-13-17-27(18-14-23)36(41(39,40)28-11-5-4-6-12-28)21-30(37)35(20-24-15-16-25(32)19-29(24)33)22(2)31(38)34-26-9-7-8-10-26/h4-6,11-19,22,26H,3,7-10,20-21H2,1-2H3,(H,34,38). The molecule has 41 heavy (non-hydrogen) atoms. The molecule has 10 heteroatoms. The average molecular weight is 617 g/mol. The van der Waals surface area contributed by atoms with Crippen LogP contribution in [0.5, 0.6) is 0 Å². The van der Waals surface area contributed by atoms with E-state index in [4.69, 9.17) is 23.2 Å². The van der Waals surface area contributed by atoms with Crippen LogP contribution in [0.15, 0.2) is 77.7 Å². The first-order valence-corrected chi connectivity index (χ1v) is 16.0. The lowest BCUT2D eigenvalue weighted by atomic mass is 10.1. The molecule has 1 aliphatic rings. The van der Waals surface area contributed by atoms with E-state index in [2.05, 4.69) is 5.32 Å². The van der Waals surface area contributed by atoms with Crippen LogP contribution >= 0.6 is 23.2 Å². The van der Waals surface area contributed by atoms with Gasteiger partial charge in [0.05, 0.1) is 10.6 Å². The molecular formula is C31H35Cl2N3O4S. The minimum Gasteiger partial charge on any atom is -0.352 e. The Hall–Kier alpha value is -3.07. The summed E-state index contributed by atoms with van der Waals surface area (Å²) in [6.07, 6.45) is 4.67. The van der Waals surface area contributed by atoms with Gasteiger partial charge in [0.1, 0.15) is 12.6 Å². The molecule has 7 nitrogen and oxygen atoms in total. The van der Waals surface area contributed by atoms with Gasteiger partial charge in [-0.1, -0.05) is 79.4 Å². The molecule has 0 heterocycles. The fourth-order valence-corrected chi connectivity index (χ4v) is 6.86. The lowest BCUT2D eigenvalue weighted by Gasteiger charge is -2.32. The van der Waals surface area contributed by atoms with Gasteiger partial charge in [0.15, 0.2) is 0 Å². The summed E-state index contributed by atoms with van der Waals surface area (Å²) in [5.41, 5.74) is 1.98. The maximum absolute atomic E-state index is 14.1. The van der Waals surface area contributed by atoms with Gasteiger partial charge in [-0.3, -0.25) is 13.9 Å². The smallest absolute Gasteiger partial charge is 0.264 e. The number of sulfonamides is 1. The van der Waals surface area contributed by atoms with E-state index in [-0.39, 0.29) is 23.4 Å². The van der Waals surface area contributed by atoms with Crippen molar-refractivity contribution in [2.24, 2.45) is 0 Å². The number of carbonyl (C=O) groups excluding carboxylic acids is 2. The van der Waals surface area contributed by atoms with Crippen LogP contribution < -0.4 is 9.62 Å². The monoisotopic (exact) mass is 615 g/mol. The molecule has 2 amide bonds. The van der Waals surface area contributed by atoms with Gasteiger partial charge in [-0.2, -0.15) is 0 Å². The zero-order valence-electron chi connectivity index (χ0n) is 23.2.